The first-order valence-electron chi connectivity index (χ1n) is 8.25. The van der Waals surface area contributed by atoms with Crippen molar-refractivity contribution in [2.24, 2.45) is 0 Å². The molecule has 0 bridgehead atoms. The van der Waals surface area contributed by atoms with Crippen LogP contribution in [0.1, 0.15) is 37.7 Å². The van der Waals surface area contributed by atoms with Crippen molar-refractivity contribution in [1.29, 1.82) is 5.26 Å². The Morgan fingerprint density at radius 1 is 1.25 bits per heavy atom. The predicted octanol–water partition coefficient (Wildman–Crippen LogP) is 2.78. The smallest absolute Gasteiger partial charge is 0.238 e. The normalized spacial score (nSPS) is 15.0. The number of carbonyl (C=O) groups excluding carboxylic acids is 1. The van der Waals surface area contributed by atoms with E-state index in [0.717, 1.165) is 12.8 Å². The number of anilines is 1. The predicted molar refractivity (Wildman–Crippen MR) is 92.4 cm³/mol. The summed E-state index contributed by atoms with van der Waals surface area (Å²) in [5.74, 6) is 0.811. The molecule has 1 amide bonds. The number of benzene rings is 1. The van der Waals surface area contributed by atoms with Gasteiger partial charge in [0.25, 0.3) is 0 Å². The van der Waals surface area contributed by atoms with Crippen LogP contribution >= 0.6 is 0 Å². The van der Waals surface area contributed by atoms with E-state index in [1.54, 1.807) is 12.1 Å². The maximum absolute atomic E-state index is 12.4. The van der Waals surface area contributed by atoms with Crippen molar-refractivity contribution in [3.63, 3.8) is 0 Å². The average Bonchev–Trinajstić information content (AvgIpc) is 2.61. The number of ether oxygens (including phenoxy) is 2. The fourth-order valence-electron chi connectivity index (χ4n) is 3.14. The summed E-state index contributed by atoms with van der Waals surface area (Å²) in [6.07, 6.45) is 6.02. The molecule has 0 spiro atoms. The fraction of sp³-hybridized carbons (Fsp3) is 0.556. The molecule has 1 aromatic carbocycles. The summed E-state index contributed by atoms with van der Waals surface area (Å²) in [5.41, 5.74) is 0.790. The Morgan fingerprint density at radius 2 is 1.88 bits per heavy atom. The molecule has 0 saturated heterocycles. The van der Waals surface area contributed by atoms with Gasteiger partial charge in [0.05, 0.1) is 32.0 Å². The highest BCUT2D eigenvalue weighted by atomic mass is 16.5. The average molecular weight is 331 g/mol. The van der Waals surface area contributed by atoms with E-state index in [0.29, 0.717) is 35.3 Å². The minimum absolute atomic E-state index is 0.133. The molecule has 0 aromatic heterocycles. The summed E-state index contributed by atoms with van der Waals surface area (Å²) < 4.78 is 10.4. The van der Waals surface area contributed by atoms with Crippen LogP contribution in [-0.4, -0.2) is 44.7 Å². The van der Waals surface area contributed by atoms with Gasteiger partial charge in [-0.25, -0.2) is 0 Å². The van der Waals surface area contributed by atoms with Gasteiger partial charge in [-0.3, -0.25) is 9.69 Å². The molecule has 0 heterocycles. The van der Waals surface area contributed by atoms with E-state index < -0.39 is 0 Å². The number of nitriles is 1. The molecule has 0 aliphatic heterocycles. The van der Waals surface area contributed by atoms with E-state index in [9.17, 15) is 10.1 Å². The first kappa shape index (κ1) is 18.1. The third kappa shape index (κ3) is 4.39. The van der Waals surface area contributed by atoms with Gasteiger partial charge in [-0.2, -0.15) is 5.26 Å². The maximum atomic E-state index is 12.4. The third-order valence-electron chi connectivity index (χ3n) is 4.51. The number of carbonyl (C=O) groups is 1. The lowest BCUT2D eigenvalue weighted by atomic mass is 9.94. The number of amides is 1. The number of methoxy groups -OCH3 is 2. The molecule has 6 nitrogen and oxygen atoms in total. The van der Waals surface area contributed by atoms with E-state index in [4.69, 9.17) is 9.47 Å². The van der Waals surface area contributed by atoms with Crippen LogP contribution in [0.25, 0.3) is 0 Å². The van der Waals surface area contributed by atoms with E-state index in [-0.39, 0.29) is 5.91 Å². The van der Waals surface area contributed by atoms with Crippen LogP contribution < -0.4 is 14.8 Å². The topological polar surface area (TPSA) is 74.6 Å². The van der Waals surface area contributed by atoms with Crippen molar-refractivity contribution in [3.05, 3.63) is 17.7 Å². The first-order valence-corrected chi connectivity index (χ1v) is 8.25. The quantitative estimate of drug-likeness (QED) is 0.867. The van der Waals surface area contributed by atoms with Gasteiger partial charge in [-0.15, -0.1) is 0 Å². The molecule has 0 unspecified atom stereocenters. The molecule has 1 aliphatic rings. The highest BCUT2D eigenvalue weighted by Crippen LogP contribution is 2.33. The van der Waals surface area contributed by atoms with Crippen LogP contribution in [0.5, 0.6) is 11.5 Å². The molecule has 1 fully saturated rings. The Kier molecular flexibility index (Phi) is 6.44. The molecule has 0 radical (unpaired) electrons. The molecule has 1 aliphatic carbocycles. The van der Waals surface area contributed by atoms with Crippen LogP contribution in [0.4, 0.5) is 5.69 Å². The van der Waals surface area contributed by atoms with E-state index in [1.807, 2.05) is 7.05 Å². The van der Waals surface area contributed by atoms with Crippen molar-refractivity contribution in [2.45, 2.75) is 38.1 Å². The fourth-order valence-corrected chi connectivity index (χ4v) is 3.14. The Balaban J connectivity index is 2.06. The Hall–Kier alpha value is -2.26. The summed E-state index contributed by atoms with van der Waals surface area (Å²) >= 11 is 0. The molecule has 0 atom stereocenters. The van der Waals surface area contributed by atoms with Crippen LogP contribution in [0.2, 0.25) is 0 Å². The monoisotopic (exact) mass is 331 g/mol. The van der Waals surface area contributed by atoms with Crippen LogP contribution in [0.3, 0.4) is 0 Å². The van der Waals surface area contributed by atoms with Gasteiger partial charge in [-0.05, 0) is 19.9 Å². The van der Waals surface area contributed by atoms with Gasteiger partial charge < -0.3 is 14.8 Å². The van der Waals surface area contributed by atoms with Crippen molar-refractivity contribution in [3.8, 4) is 17.6 Å². The zero-order valence-electron chi connectivity index (χ0n) is 14.6. The Bertz CT molecular complexity index is 619. The van der Waals surface area contributed by atoms with Gasteiger partial charge in [0.2, 0.25) is 5.91 Å². The van der Waals surface area contributed by atoms with Gasteiger partial charge in [0.15, 0.2) is 11.5 Å². The zero-order valence-corrected chi connectivity index (χ0v) is 14.6. The molecule has 2 rings (SSSR count). The standard InChI is InChI=1S/C18H25N3O3/c1-21(14-7-5-4-6-8-14)12-18(22)20-15-10-17(24-3)16(23-2)9-13(15)11-19/h9-10,14H,4-8,12H2,1-3H3,(H,20,22). The second kappa shape index (κ2) is 8.55. The first-order chi connectivity index (χ1) is 11.6. The van der Waals surface area contributed by atoms with E-state index >= 15 is 0 Å². The summed E-state index contributed by atoms with van der Waals surface area (Å²) in [4.78, 5) is 14.5. The number of nitrogens with zero attached hydrogens (tertiary/aromatic N) is 2. The molecular weight excluding hydrogens is 306 g/mol. The SMILES string of the molecule is COc1cc(C#N)c(NC(=O)CN(C)C2CCCCC2)cc1OC. The highest BCUT2D eigenvalue weighted by molar-refractivity contribution is 5.94. The van der Waals surface area contributed by atoms with Crippen LogP contribution in [-0.2, 0) is 4.79 Å². The second-order valence-corrected chi connectivity index (χ2v) is 6.12. The minimum atomic E-state index is -0.133. The molecular formula is C18H25N3O3. The maximum Gasteiger partial charge on any atom is 0.238 e. The largest absolute Gasteiger partial charge is 0.493 e. The molecule has 1 saturated carbocycles. The van der Waals surface area contributed by atoms with E-state index in [1.165, 1.54) is 33.5 Å². The molecule has 1 aromatic rings. The lowest BCUT2D eigenvalue weighted by Crippen LogP contribution is -2.39. The van der Waals surface area contributed by atoms with Crippen molar-refractivity contribution in [2.75, 3.05) is 33.1 Å². The summed E-state index contributed by atoms with van der Waals surface area (Å²) in [6.45, 7) is 0.309. The van der Waals surface area contributed by atoms with E-state index in [2.05, 4.69) is 16.3 Å². The second-order valence-electron chi connectivity index (χ2n) is 6.12. The summed E-state index contributed by atoms with van der Waals surface area (Å²) in [7, 11) is 5.01. The Morgan fingerprint density at radius 3 is 2.46 bits per heavy atom. The molecule has 6 heteroatoms. The molecule has 24 heavy (non-hydrogen) atoms. The third-order valence-corrected chi connectivity index (χ3v) is 4.51. The van der Waals surface area contributed by atoms with Crippen molar-refractivity contribution in [1.82, 2.24) is 4.90 Å². The van der Waals surface area contributed by atoms with Crippen molar-refractivity contribution >= 4 is 11.6 Å². The van der Waals surface area contributed by atoms with Gasteiger partial charge in [-0.1, -0.05) is 19.3 Å². The minimum Gasteiger partial charge on any atom is -0.493 e. The van der Waals surface area contributed by atoms with Crippen molar-refractivity contribution < 1.29 is 14.3 Å². The number of hydrogen-bond donors (Lipinski definition) is 1. The van der Waals surface area contributed by atoms with Gasteiger partial charge in [0.1, 0.15) is 6.07 Å². The van der Waals surface area contributed by atoms with Gasteiger partial charge >= 0.3 is 0 Å². The van der Waals surface area contributed by atoms with Gasteiger partial charge in [0, 0.05) is 18.2 Å². The number of rotatable bonds is 6. The lowest BCUT2D eigenvalue weighted by molar-refractivity contribution is -0.117. The summed E-state index contributed by atoms with van der Waals surface area (Å²) in [5, 5.41) is 12.1. The molecule has 1 N–H and O–H groups in total. The Labute approximate surface area is 143 Å². The summed E-state index contributed by atoms with van der Waals surface area (Å²) in [6, 6.07) is 5.73. The lowest BCUT2D eigenvalue weighted by Gasteiger charge is -2.30. The van der Waals surface area contributed by atoms with Crippen LogP contribution in [0, 0.1) is 11.3 Å². The number of hydrogen-bond acceptors (Lipinski definition) is 5. The molecule has 130 valence electrons. The number of nitrogens with one attached hydrogen (secondary N) is 1. The number of likely N-dealkylation sites (N-methyl/N-ethyl adjacent to an activating group) is 1. The highest BCUT2D eigenvalue weighted by Gasteiger charge is 2.20. The zero-order chi connectivity index (χ0) is 17.5. The van der Waals surface area contributed by atoms with Crippen LogP contribution in [0.15, 0.2) is 12.1 Å².